The maximum absolute atomic E-state index is 5.39. The van der Waals surface area contributed by atoms with E-state index in [1.54, 1.807) is 0 Å². The summed E-state index contributed by atoms with van der Waals surface area (Å²) in [5, 5.41) is 0. The van der Waals surface area contributed by atoms with Crippen molar-refractivity contribution in [3.8, 4) is 0 Å². The zero-order chi connectivity index (χ0) is 7.11. The molecular weight excluding hydrogens is 112 g/mol. The van der Waals surface area contributed by atoms with Crippen LogP contribution >= 0.6 is 0 Å². The van der Waals surface area contributed by atoms with E-state index in [1.807, 2.05) is 0 Å². The van der Waals surface area contributed by atoms with Gasteiger partial charge in [0.1, 0.15) is 0 Å². The van der Waals surface area contributed by atoms with Crippen LogP contribution in [0.15, 0.2) is 0 Å². The fraction of sp³-hybridized carbons (Fsp3) is 0.875. The quantitative estimate of drug-likeness (QED) is 0.518. The molecule has 1 radical (unpaired) electrons. The van der Waals surface area contributed by atoms with E-state index < -0.39 is 0 Å². The molecule has 0 aromatic carbocycles. The van der Waals surface area contributed by atoms with Gasteiger partial charge in [0.15, 0.2) is 0 Å². The van der Waals surface area contributed by atoms with Gasteiger partial charge in [-0.1, -0.05) is 20.3 Å². The number of rotatable bonds is 5. The zero-order valence-electron chi connectivity index (χ0n) is 6.52. The van der Waals surface area contributed by atoms with Gasteiger partial charge in [-0.3, -0.25) is 0 Å². The third-order valence-corrected chi connectivity index (χ3v) is 1.37. The number of hydrogen-bond acceptors (Lipinski definition) is 1. The van der Waals surface area contributed by atoms with Gasteiger partial charge in [-0.25, -0.2) is 0 Å². The molecule has 0 aromatic rings. The van der Waals surface area contributed by atoms with Gasteiger partial charge < -0.3 is 4.74 Å². The third-order valence-electron chi connectivity index (χ3n) is 1.37. The van der Waals surface area contributed by atoms with Crippen LogP contribution in [-0.2, 0) is 4.74 Å². The second-order valence-corrected chi connectivity index (χ2v) is 2.30. The summed E-state index contributed by atoms with van der Waals surface area (Å²) in [6.07, 6.45) is 3.61. The first-order chi connectivity index (χ1) is 4.31. The molecule has 0 aliphatic carbocycles. The molecule has 0 heterocycles. The minimum absolute atomic E-state index is 0.427. The topological polar surface area (TPSA) is 9.23 Å². The summed E-state index contributed by atoms with van der Waals surface area (Å²) in [6, 6.07) is 0. The van der Waals surface area contributed by atoms with E-state index in [0.717, 1.165) is 25.9 Å². The van der Waals surface area contributed by atoms with E-state index in [0.29, 0.717) is 6.10 Å². The minimum Gasteiger partial charge on any atom is -0.379 e. The highest BCUT2D eigenvalue weighted by Gasteiger charge is 1.94. The summed E-state index contributed by atoms with van der Waals surface area (Å²) in [4.78, 5) is 0. The van der Waals surface area contributed by atoms with Gasteiger partial charge in [-0.2, -0.15) is 0 Å². The van der Waals surface area contributed by atoms with Gasteiger partial charge in [0.05, 0.1) is 6.10 Å². The van der Waals surface area contributed by atoms with E-state index in [1.165, 1.54) is 0 Å². The molecule has 0 N–H and O–H groups in total. The molecule has 0 bridgehead atoms. The molecule has 0 aliphatic rings. The van der Waals surface area contributed by atoms with Gasteiger partial charge in [0.25, 0.3) is 0 Å². The predicted octanol–water partition coefficient (Wildman–Crippen LogP) is 2.42. The maximum Gasteiger partial charge on any atom is 0.0544 e. The molecule has 1 unspecified atom stereocenters. The molecule has 1 nitrogen and oxygen atoms in total. The number of ether oxygens (including phenoxy) is 1. The fourth-order valence-corrected chi connectivity index (χ4v) is 0.504. The van der Waals surface area contributed by atoms with Crippen molar-refractivity contribution in [2.24, 2.45) is 0 Å². The van der Waals surface area contributed by atoms with Crippen LogP contribution in [0, 0.1) is 6.92 Å². The smallest absolute Gasteiger partial charge is 0.0544 e. The first kappa shape index (κ1) is 8.96. The summed E-state index contributed by atoms with van der Waals surface area (Å²) < 4.78 is 5.39. The molecule has 0 aromatic heterocycles. The van der Waals surface area contributed by atoms with Crippen molar-refractivity contribution in [1.82, 2.24) is 0 Å². The summed E-state index contributed by atoms with van der Waals surface area (Å²) >= 11 is 0. The summed E-state index contributed by atoms with van der Waals surface area (Å²) in [7, 11) is 0. The van der Waals surface area contributed by atoms with Crippen molar-refractivity contribution in [1.29, 1.82) is 0 Å². The summed E-state index contributed by atoms with van der Waals surface area (Å²) in [6.45, 7) is 8.84. The standard InChI is InChI=1S/C8H17O/c1-4-6-7-9-8(3)5-2/h8H,1,4-7H2,2-3H3. The largest absolute Gasteiger partial charge is 0.379 e. The van der Waals surface area contributed by atoms with Crippen LogP contribution in [0.5, 0.6) is 0 Å². The molecule has 0 fully saturated rings. The summed E-state index contributed by atoms with van der Waals surface area (Å²) in [5.41, 5.74) is 0. The maximum atomic E-state index is 5.39. The lowest BCUT2D eigenvalue weighted by Crippen LogP contribution is -2.06. The van der Waals surface area contributed by atoms with E-state index in [-0.39, 0.29) is 0 Å². The highest BCUT2D eigenvalue weighted by atomic mass is 16.5. The molecule has 0 aliphatic heterocycles. The molecule has 0 saturated carbocycles. The summed E-state index contributed by atoms with van der Waals surface area (Å²) in [5.74, 6) is 0. The van der Waals surface area contributed by atoms with Crippen LogP contribution < -0.4 is 0 Å². The van der Waals surface area contributed by atoms with Crippen LogP contribution in [0.3, 0.4) is 0 Å². The Morgan fingerprint density at radius 3 is 2.67 bits per heavy atom. The van der Waals surface area contributed by atoms with Gasteiger partial charge in [-0.05, 0) is 19.8 Å². The Morgan fingerprint density at radius 2 is 2.22 bits per heavy atom. The van der Waals surface area contributed by atoms with E-state index >= 15 is 0 Å². The Hall–Kier alpha value is -0.0400. The molecule has 1 atom stereocenters. The average Bonchev–Trinajstić information content (AvgIpc) is 1.89. The SMILES string of the molecule is [CH2]CCCOC(C)CC. The van der Waals surface area contributed by atoms with Crippen LogP contribution in [0.1, 0.15) is 33.1 Å². The molecular formula is C8H17O. The van der Waals surface area contributed by atoms with Crippen molar-refractivity contribution >= 4 is 0 Å². The van der Waals surface area contributed by atoms with Crippen molar-refractivity contribution < 1.29 is 4.74 Å². The number of unbranched alkanes of at least 4 members (excludes halogenated alkanes) is 1. The van der Waals surface area contributed by atoms with Gasteiger partial charge in [0, 0.05) is 6.61 Å². The highest BCUT2D eigenvalue weighted by Crippen LogP contribution is 1.97. The lowest BCUT2D eigenvalue weighted by molar-refractivity contribution is 0.0624. The van der Waals surface area contributed by atoms with Gasteiger partial charge in [0.2, 0.25) is 0 Å². The molecule has 0 amide bonds. The minimum atomic E-state index is 0.427. The van der Waals surface area contributed by atoms with Crippen molar-refractivity contribution in [3.63, 3.8) is 0 Å². The number of hydrogen-bond donors (Lipinski definition) is 0. The molecule has 0 rings (SSSR count). The van der Waals surface area contributed by atoms with Crippen LogP contribution in [-0.4, -0.2) is 12.7 Å². The van der Waals surface area contributed by atoms with Crippen LogP contribution in [0.25, 0.3) is 0 Å². The van der Waals surface area contributed by atoms with Crippen molar-refractivity contribution in [2.45, 2.75) is 39.2 Å². The second-order valence-electron chi connectivity index (χ2n) is 2.30. The van der Waals surface area contributed by atoms with Crippen LogP contribution in [0.2, 0.25) is 0 Å². The van der Waals surface area contributed by atoms with Gasteiger partial charge in [-0.15, -0.1) is 0 Å². The molecule has 1 heteroatoms. The Morgan fingerprint density at radius 1 is 1.56 bits per heavy atom. The highest BCUT2D eigenvalue weighted by molar-refractivity contribution is 4.45. The monoisotopic (exact) mass is 129 g/mol. The fourth-order valence-electron chi connectivity index (χ4n) is 0.504. The Bertz CT molecular complexity index is 52.5. The molecule has 9 heavy (non-hydrogen) atoms. The van der Waals surface area contributed by atoms with Gasteiger partial charge >= 0.3 is 0 Å². The van der Waals surface area contributed by atoms with Crippen molar-refractivity contribution in [3.05, 3.63) is 6.92 Å². The Balaban J connectivity index is 2.88. The lowest BCUT2D eigenvalue weighted by Gasteiger charge is -2.08. The van der Waals surface area contributed by atoms with Crippen molar-refractivity contribution in [2.75, 3.05) is 6.61 Å². The van der Waals surface area contributed by atoms with E-state index in [4.69, 9.17) is 4.74 Å². The first-order valence-electron chi connectivity index (χ1n) is 3.72. The Kier molecular flexibility index (Phi) is 6.06. The second kappa shape index (κ2) is 6.09. The first-order valence-corrected chi connectivity index (χ1v) is 3.72. The molecule has 0 saturated heterocycles. The third kappa shape index (κ3) is 5.84. The average molecular weight is 129 g/mol. The van der Waals surface area contributed by atoms with E-state index in [9.17, 15) is 0 Å². The Labute approximate surface area is 58.4 Å². The van der Waals surface area contributed by atoms with Crippen LogP contribution in [0.4, 0.5) is 0 Å². The zero-order valence-corrected chi connectivity index (χ0v) is 6.52. The predicted molar refractivity (Wildman–Crippen MR) is 40.3 cm³/mol. The van der Waals surface area contributed by atoms with E-state index in [2.05, 4.69) is 20.8 Å². The lowest BCUT2D eigenvalue weighted by atomic mass is 10.3. The molecule has 55 valence electrons. The molecule has 0 spiro atoms. The normalized spacial score (nSPS) is 13.7.